The SMILES string of the molecule is Cc1cc(Br)ccc1OCC(=O)N/N=C/c1c2ccccc2cc2ccccc12. The van der Waals surface area contributed by atoms with Crippen molar-refractivity contribution in [1.82, 2.24) is 5.43 Å². The van der Waals surface area contributed by atoms with Crippen LogP contribution in [0.5, 0.6) is 5.75 Å². The number of nitrogens with one attached hydrogen (secondary N) is 1. The van der Waals surface area contributed by atoms with Gasteiger partial charge in [-0.25, -0.2) is 5.43 Å². The van der Waals surface area contributed by atoms with Crippen molar-refractivity contribution in [3.63, 3.8) is 0 Å². The van der Waals surface area contributed by atoms with E-state index in [4.69, 9.17) is 4.74 Å². The van der Waals surface area contributed by atoms with Crippen molar-refractivity contribution in [1.29, 1.82) is 0 Å². The van der Waals surface area contributed by atoms with E-state index in [-0.39, 0.29) is 12.5 Å². The van der Waals surface area contributed by atoms with Gasteiger partial charge >= 0.3 is 0 Å². The fourth-order valence-corrected chi connectivity index (χ4v) is 3.78. The fourth-order valence-electron chi connectivity index (χ4n) is 3.31. The lowest BCUT2D eigenvalue weighted by Gasteiger charge is -2.09. The van der Waals surface area contributed by atoms with Crippen LogP contribution in [-0.2, 0) is 4.79 Å². The predicted octanol–water partition coefficient (Wildman–Crippen LogP) is 5.59. The predicted molar refractivity (Wildman–Crippen MR) is 122 cm³/mol. The zero-order valence-electron chi connectivity index (χ0n) is 15.9. The van der Waals surface area contributed by atoms with Crippen LogP contribution in [0.1, 0.15) is 11.1 Å². The maximum Gasteiger partial charge on any atom is 0.277 e. The minimum Gasteiger partial charge on any atom is -0.483 e. The Kier molecular flexibility index (Phi) is 5.58. The summed E-state index contributed by atoms with van der Waals surface area (Å²) in [5, 5.41) is 8.62. The van der Waals surface area contributed by atoms with Crippen molar-refractivity contribution in [2.75, 3.05) is 6.61 Å². The summed E-state index contributed by atoms with van der Waals surface area (Å²) >= 11 is 3.41. The summed E-state index contributed by atoms with van der Waals surface area (Å²) in [6.07, 6.45) is 1.70. The molecule has 29 heavy (non-hydrogen) atoms. The second-order valence-electron chi connectivity index (χ2n) is 6.72. The van der Waals surface area contributed by atoms with Crippen LogP contribution >= 0.6 is 15.9 Å². The molecule has 4 aromatic rings. The summed E-state index contributed by atoms with van der Waals surface area (Å²) in [4.78, 5) is 12.2. The molecule has 0 saturated heterocycles. The molecule has 1 amide bonds. The number of hydrogen-bond acceptors (Lipinski definition) is 3. The van der Waals surface area contributed by atoms with Gasteiger partial charge in [0.25, 0.3) is 5.91 Å². The second-order valence-corrected chi connectivity index (χ2v) is 7.64. The molecular formula is C24H19BrN2O2. The molecule has 0 spiro atoms. The van der Waals surface area contributed by atoms with Gasteiger partial charge in [-0.05, 0) is 58.3 Å². The average Bonchev–Trinajstić information content (AvgIpc) is 2.72. The molecule has 4 aromatic carbocycles. The number of hydrogen-bond donors (Lipinski definition) is 1. The summed E-state index contributed by atoms with van der Waals surface area (Å²) in [6, 6.07) is 24.1. The normalized spacial score (nSPS) is 11.2. The van der Waals surface area contributed by atoms with Crippen LogP contribution in [0, 0.1) is 6.92 Å². The molecule has 0 aliphatic heterocycles. The molecule has 1 N–H and O–H groups in total. The van der Waals surface area contributed by atoms with Crippen molar-refractivity contribution in [2.24, 2.45) is 5.10 Å². The van der Waals surface area contributed by atoms with Gasteiger partial charge in [-0.3, -0.25) is 4.79 Å². The molecule has 5 heteroatoms. The minimum atomic E-state index is -0.312. The smallest absolute Gasteiger partial charge is 0.277 e. The number of hydrazone groups is 1. The van der Waals surface area contributed by atoms with Crippen LogP contribution in [0.4, 0.5) is 0 Å². The van der Waals surface area contributed by atoms with E-state index in [1.54, 1.807) is 6.21 Å². The van der Waals surface area contributed by atoms with Gasteiger partial charge in [-0.15, -0.1) is 0 Å². The van der Waals surface area contributed by atoms with Crippen molar-refractivity contribution >= 4 is 49.6 Å². The number of fused-ring (bicyclic) bond motifs is 2. The number of nitrogens with zero attached hydrogens (tertiary/aromatic N) is 1. The summed E-state index contributed by atoms with van der Waals surface area (Å²) in [5.74, 6) is 0.362. The van der Waals surface area contributed by atoms with E-state index in [2.05, 4.69) is 56.8 Å². The van der Waals surface area contributed by atoms with Crippen molar-refractivity contribution in [3.05, 3.63) is 88.4 Å². The van der Waals surface area contributed by atoms with Crippen LogP contribution in [0.2, 0.25) is 0 Å². The van der Waals surface area contributed by atoms with Crippen LogP contribution in [0.3, 0.4) is 0 Å². The van der Waals surface area contributed by atoms with Gasteiger partial charge < -0.3 is 4.74 Å². The molecule has 0 unspecified atom stereocenters. The average molecular weight is 447 g/mol. The van der Waals surface area contributed by atoms with Crippen LogP contribution in [-0.4, -0.2) is 18.7 Å². The maximum atomic E-state index is 12.2. The molecule has 4 nitrogen and oxygen atoms in total. The summed E-state index contributed by atoms with van der Waals surface area (Å²) in [7, 11) is 0. The summed E-state index contributed by atoms with van der Waals surface area (Å²) in [5.41, 5.74) is 4.49. The highest BCUT2D eigenvalue weighted by Crippen LogP contribution is 2.27. The Hall–Kier alpha value is -3.18. The number of carbonyl (C=O) groups excluding carboxylic acids is 1. The van der Waals surface area contributed by atoms with E-state index in [9.17, 15) is 4.79 Å². The molecule has 0 aromatic heterocycles. The van der Waals surface area contributed by atoms with E-state index in [1.807, 2.05) is 49.4 Å². The Bertz CT molecular complexity index is 1180. The Morgan fingerprint density at radius 3 is 2.31 bits per heavy atom. The highest BCUT2D eigenvalue weighted by Gasteiger charge is 2.07. The van der Waals surface area contributed by atoms with Crippen molar-refractivity contribution < 1.29 is 9.53 Å². The monoisotopic (exact) mass is 446 g/mol. The van der Waals surface area contributed by atoms with Gasteiger partial charge in [0.05, 0.1) is 6.21 Å². The Labute approximate surface area is 177 Å². The number of aryl methyl sites for hydroxylation is 1. The molecule has 144 valence electrons. The van der Waals surface area contributed by atoms with E-state index in [1.165, 1.54) is 0 Å². The lowest BCUT2D eigenvalue weighted by atomic mass is 9.97. The standard InChI is InChI=1S/C24H19BrN2O2/c1-16-12-19(25)10-11-23(16)29-15-24(28)27-26-14-22-20-8-4-2-6-17(20)13-18-7-3-5-9-21(18)22/h2-14H,15H2,1H3,(H,27,28)/b26-14+. The van der Waals surface area contributed by atoms with Gasteiger partial charge in [-0.1, -0.05) is 64.5 Å². The lowest BCUT2D eigenvalue weighted by Crippen LogP contribution is -2.24. The molecular weight excluding hydrogens is 428 g/mol. The Morgan fingerprint density at radius 2 is 1.66 bits per heavy atom. The topological polar surface area (TPSA) is 50.7 Å². The first kappa shape index (κ1) is 19.2. The van der Waals surface area contributed by atoms with Crippen LogP contribution < -0.4 is 10.2 Å². The first-order chi connectivity index (χ1) is 14.1. The van der Waals surface area contributed by atoms with Crippen molar-refractivity contribution in [2.45, 2.75) is 6.92 Å². The first-order valence-corrected chi connectivity index (χ1v) is 10.0. The highest BCUT2D eigenvalue weighted by molar-refractivity contribution is 9.10. The Morgan fingerprint density at radius 1 is 1.00 bits per heavy atom. The Balaban J connectivity index is 1.51. The molecule has 0 bridgehead atoms. The summed E-state index contributed by atoms with van der Waals surface area (Å²) in [6.45, 7) is 1.83. The first-order valence-electron chi connectivity index (χ1n) is 9.23. The van der Waals surface area contributed by atoms with Gasteiger partial charge in [0.1, 0.15) is 5.75 Å². The third-order valence-electron chi connectivity index (χ3n) is 4.69. The summed E-state index contributed by atoms with van der Waals surface area (Å²) < 4.78 is 6.56. The van der Waals surface area contributed by atoms with Crippen LogP contribution in [0.15, 0.2) is 82.4 Å². The second kappa shape index (κ2) is 8.45. The maximum absolute atomic E-state index is 12.2. The fraction of sp³-hybridized carbons (Fsp3) is 0.0833. The lowest BCUT2D eigenvalue weighted by molar-refractivity contribution is -0.123. The van der Waals surface area contributed by atoms with E-state index in [0.29, 0.717) is 5.75 Å². The largest absolute Gasteiger partial charge is 0.483 e. The molecule has 0 aliphatic carbocycles. The molecule has 0 saturated carbocycles. The third kappa shape index (κ3) is 4.30. The van der Waals surface area contributed by atoms with E-state index >= 15 is 0 Å². The van der Waals surface area contributed by atoms with Gasteiger partial charge in [-0.2, -0.15) is 5.10 Å². The molecule has 0 atom stereocenters. The van der Waals surface area contributed by atoms with Crippen LogP contribution in [0.25, 0.3) is 21.5 Å². The van der Waals surface area contributed by atoms with E-state index in [0.717, 1.165) is 37.1 Å². The minimum absolute atomic E-state index is 0.101. The number of rotatable bonds is 5. The third-order valence-corrected chi connectivity index (χ3v) is 5.18. The molecule has 0 fully saturated rings. The van der Waals surface area contributed by atoms with Crippen molar-refractivity contribution in [3.8, 4) is 5.75 Å². The molecule has 0 radical (unpaired) electrons. The number of benzene rings is 4. The van der Waals surface area contributed by atoms with Gasteiger partial charge in [0, 0.05) is 10.0 Å². The quantitative estimate of drug-likeness (QED) is 0.246. The molecule has 4 rings (SSSR count). The zero-order valence-corrected chi connectivity index (χ0v) is 17.4. The molecule has 0 aliphatic rings. The molecule has 0 heterocycles. The van der Waals surface area contributed by atoms with Gasteiger partial charge in [0.2, 0.25) is 0 Å². The number of carbonyl (C=O) groups is 1. The number of halogens is 1. The van der Waals surface area contributed by atoms with E-state index < -0.39 is 0 Å². The number of ether oxygens (including phenoxy) is 1. The highest BCUT2D eigenvalue weighted by atomic mass is 79.9. The zero-order chi connectivity index (χ0) is 20.2. The number of amides is 1. The van der Waals surface area contributed by atoms with Gasteiger partial charge in [0.15, 0.2) is 6.61 Å².